The van der Waals surface area contributed by atoms with E-state index in [2.05, 4.69) is 0 Å². The second kappa shape index (κ2) is 7.28. The second-order valence-corrected chi connectivity index (χ2v) is 4.05. The molecule has 0 unspecified atom stereocenters. The van der Waals surface area contributed by atoms with Crippen LogP contribution in [0.5, 0.6) is 23.0 Å². The maximum atomic E-state index is 5.57. The standard InChI is InChI=1S/C16H18O4/c1-17-13-3-7-15(8-4-13)19-11-12-20-16-9-5-14(18-2)6-10-16/h3-10H,11-12H2,1-2H3. The Morgan fingerprint density at radius 3 is 1.15 bits per heavy atom. The molecule has 0 atom stereocenters. The van der Waals surface area contributed by atoms with E-state index in [4.69, 9.17) is 18.9 Å². The maximum absolute atomic E-state index is 5.57. The summed E-state index contributed by atoms with van der Waals surface area (Å²) in [5.74, 6) is 3.21. The van der Waals surface area contributed by atoms with Gasteiger partial charge in [0.2, 0.25) is 0 Å². The molecule has 4 nitrogen and oxygen atoms in total. The van der Waals surface area contributed by atoms with Crippen molar-refractivity contribution in [2.24, 2.45) is 0 Å². The summed E-state index contributed by atoms with van der Waals surface area (Å²) in [5, 5.41) is 0. The Kier molecular flexibility index (Phi) is 5.12. The number of ether oxygens (including phenoxy) is 4. The van der Waals surface area contributed by atoms with Crippen LogP contribution in [-0.2, 0) is 0 Å². The van der Waals surface area contributed by atoms with Gasteiger partial charge < -0.3 is 18.9 Å². The van der Waals surface area contributed by atoms with E-state index in [9.17, 15) is 0 Å². The van der Waals surface area contributed by atoms with E-state index in [-0.39, 0.29) is 0 Å². The Morgan fingerprint density at radius 1 is 0.550 bits per heavy atom. The van der Waals surface area contributed by atoms with Gasteiger partial charge in [-0.25, -0.2) is 0 Å². The van der Waals surface area contributed by atoms with Gasteiger partial charge in [0.1, 0.15) is 36.2 Å². The molecule has 0 spiro atoms. The van der Waals surface area contributed by atoms with Crippen molar-refractivity contribution in [3.8, 4) is 23.0 Å². The van der Waals surface area contributed by atoms with Gasteiger partial charge in [0.15, 0.2) is 0 Å². The molecule has 0 radical (unpaired) electrons. The SMILES string of the molecule is COc1ccc(OCCOc2ccc(OC)cc2)cc1. The topological polar surface area (TPSA) is 36.9 Å². The molecule has 2 rings (SSSR count). The zero-order chi connectivity index (χ0) is 14.2. The van der Waals surface area contributed by atoms with Crippen LogP contribution in [0.3, 0.4) is 0 Å². The molecule has 0 aromatic heterocycles. The molecule has 0 bridgehead atoms. The summed E-state index contributed by atoms with van der Waals surface area (Å²) in [5.41, 5.74) is 0. The van der Waals surface area contributed by atoms with Crippen molar-refractivity contribution in [2.45, 2.75) is 0 Å². The van der Waals surface area contributed by atoms with Crippen LogP contribution in [0.15, 0.2) is 48.5 Å². The van der Waals surface area contributed by atoms with E-state index in [0.717, 1.165) is 23.0 Å². The molecule has 0 saturated carbocycles. The molecule has 0 heterocycles. The van der Waals surface area contributed by atoms with Crippen LogP contribution in [0.25, 0.3) is 0 Å². The highest BCUT2D eigenvalue weighted by molar-refractivity contribution is 5.32. The van der Waals surface area contributed by atoms with Crippen molar-refractivity contribution in [1.82, 2.24) is 0 Å². The van der Waals surface area contributed by atoms with Gasteiger partial charge in [-0.05, 0) is 48.5 Å². The van der Waals surface area contributed by atoms with Crippen LogP contribution in [0.4, 0.5) is 0 Å². The van der Waals surface area contributed by atoms with Gasteiger partial charge in [-0.15, -0.1) is 0 Å². The first kappa shape index (κ1) is 14.1. The van der Waals surface area contributed by atoms with Crippen molar-refractivity contribution in [3.05, 3.63) is 48.5 Å². The van der Waals surface area contributed by atoms with Crippen molar-refractivity contribution in [1.29, 1.82) is 0 Å². The lowest BCUT2D eigenvalue weighted by Crippen LogP contribution is -2.08. The highest BCUT2D eigenvalue weighted by atomic mass is 16.5. The third-order valence-electron chi connectivity index (χ3n) is 2.74. The summed E-state index contributed by atoms with van der Waals surface area (Å²) >= 11 is 0. The van der Waals surface area contributed by atoms with E-state index >= 15 is 0 Å². The molecule has 2 aromatic rings. The molecule has 0 aliphatic heterocycles. The van der Waals surface area contributed by atoms with Crippen LogP contribution in [0, 0.1) is 0 Å². The summed E-state index contributed by atoms with van der Waals surface area (Å²) < 4.78 is 21.3. The molecular weight excluding hydrogens is 256 g/mol. The highest BCUT2D eigenvalue weighted by Gasteiger charge is 1.97. The first-order valence-corrected chi connectivity index (χ1v) is 6.35. The molecule has 0 amide bonds. The molecule has 20 heavy (non-hydrogen) atoms. The van der Waals surface area contributed by atoms with Gasteiger partial charge in [-0.2, -0.15) is 0 Å². The fourth-order valence-electron chi connectivity index (χ4n) is 1.66. The van der Waals surface area contributed by atoms with Crippen molar-refractivity contribution in [3.63, 3.8) is 0 Å². The fraction of sp³-hybridized carbons (Fsp3) is 0.250. The first-order chi connectivity index (χ1) is 9.81. The summed E-state index contributed by atoms with van der Waals surface area (Å²) in [6.07, 6.45) is 0. The zero-order valence-electron chi connectivity index (χ0n) is 11.7. The van der Waals surface area contributed by atoms with E-state index in [1.807, 2.05) is 48.5 Å². The fourth-order valence-corrected chi connectivity index (χ4v) is 1.66. The average molecular weight is 274 g/mol. The molecule has 2 aromatic carbocycles. The number of rotatable bonds is 7. The molecule has 4 heteroatoms. The molecular formula is C16H18O4. The summed E-state index contributed by atoms with van der Waals surface area (Å²) in [7, 11) is 3.27. The van der Waals surface area contributed by atoms with E-state index < -0.39 is 0 Å². The van der Waals surface area contributed by atoms with E-state index in [1.165, 1.54) is 0 Å². The van der Waals surface area contributed by atoms with Gasteiger partial charge in [0.25, 0.3) is 0 Å². The maximum Gasteiger partial charge on any atom is 0.122 e. The van der Waals surface area contributed by atoms with Gasteiger partial charge in [0, 0.05) is 0 Å². The average Bonchev–Trinajstić information content (AvgIpc) is 2.53. The normalized spacial score (nSPS) is 9.90. The molecule has 0 aliphatic rings. The smallest absolute Gasteiger partial charge is 0.122 e. The minimum Gasteiger partial charge on any atom is -0.497 e. The molecule has 106 valence electrons. The van der Waals surface area contributed by atoms with Gasteiger partial charge >= 0.3 is 0 Å². The second-order valence-electron chi connectivity index (χ2n) is 4.05. The third-order valence-corrected chi connectivity index (χ3v) is 2.74. The molecule has 0 aliphatic carbocycles. The molecule has 0 N–H and O–H groups in total. The summed E-state index contributed by atoms with van der Waals surface area (Å²) in [4.78, 5) is 0. The van der Waals surface area contributed by atoms with Gasteiger partial charge in [-0.1, -0.05) is 0 Å². The predicted octanol–water partition coefficient (Wildman–Crippen LogP) is 3.16. The summed E-state index contributed by atoms with van der Waals surface area (Å²) in [6, 6.07) is 14.9. The highest BCUT2D eigenvalue weighted by Crippen LogP contribution is 2.18. The number of hydrogen-bond donors (Lipinski definition) is 0. The van der Waals surface area contributed by atoms with Crippen LogP contribution < -0.4 is 18.9 Å². The Balaban J connectivity index is 1.72. The molecule has 0 fully saturated rings. The lowest BCUT2D eigenvalue weighted by atomic mass is 10.3. The lowest BCUT2D eigenvalue weighted by molar-refractivity contribution is 0.217. The van der Waals surface area contributed by atoms with Gasteiger partial charge in [-0.3, -0.25) is 0 Å². The number of methoxy groups -OCH3 is 2. The largest absolute Gasteiger partial charge is 0.497 e. The van der Waals surface area contributed by atoms with Crippen molar-refractivity contribution >= 4 is 0 Å². The Bertz CT molecular complexity index is 456. The van der Waals surface area contributed by atoms with Crippen molar-refractivity contribution in [2.75, 3.05) is 27.4 Å². The predicted molar refractivity (Wildman–Crippen MR) is 77.0 cm³/mol. The van der Waals surface area contributed by atoms with Gasteiger partial charge in [0.05, 0.1) is 14.2 Å². The Morgan fingerprint density at radius 2 is 0.850 bits per heavy atom. The third kappa shape index (κ3) is 4.09. The minimum atomic E-state index is 0.484. The van der Waals surface area contributed by atoms with E-state index in [1.54, 1.807) is 14.2 Å². The molecule has 0 saturated heterocycles. The quantitative estimate of drug-likeness (QED) is 0.727. The van der Waals surface area contributed by atoms with E-state index in [0.29, 0.717) is 13.2 Å². The monoisotopic (exact) mass is 274 g/mol. The zero-order valence-corrected chi connectivity index (χ0v) is 11.7. The van der Waals surface area contributed by atoms with Crippen molar-refractivity contribution < 1.29 is 18.9 Å². The summed E-state index contributed by atoms with van der Waals surface area (Å²) in [6.45, 7) is 0.969. The van der Waals surface area contributed by atoms with Crippen LogP contribution in [-0.4, -0.2) is 27.4 Å². The Labute approximate surface area is 118 Å². The lowest BCUT2D eigenvalue weighted by Gasteiger charge is -2.09. The first-order valence-electron chi connectivity index (χ1n) is 6.35. The number of hydrogen-bond acceptors (Lipinski definition) is 4. The number of benzene rings is 2. The van der Waals surface area contributed by atoms with Crippen LogP contribution in [0.1, 0.15) is 0 Å². The Hall–Kier alpha value is -2.36. The van der Waals surface area contributed by atoms with Crippen LogP contribution >= 0.6 is 0 Å². The minimum absolute atomic E-state index is 0.484. The van der Waals surface area contributed by atoms with Crippen LogP contribution in [0.2, 0.25) is 0 Å².